The van der Waals surface area contributed by atoms with Crippen LogP contribution in [0.25, 0.3) is 0 Å². The Morgan fingerprint density at radius 1 is 1.00 bits per heavy atom. The summed E-state index contributed by atoms with van der Waals surface area (Å²) >= 11 is 0. The summed E-state index contributed by atoms with van der Waals surface area (Å²) in [4.78, 5) is 11.9. The normalized spacial score (nSPS) is 25.6. The van der Waals surface area contributed by atoms with Crippen LogP contribution in [0, 0.1) is 10.8 Å². The Bertz CT molecular complexity index is 340. The van der Waals surface area contributed by atoms with Crippen molar-refractivity contribution < 1.29 is 4.79 Å². The van der Waals surface area contributed by atoms with Gasteiger partial charge in [-0.3, -0.25) is 4.79 Å². The van der Waals surface area contributed by atoms with Crippen LogP contribution in [-0.4, -0.2) is 5.78 Å². The van der Waals surface area contributed by atoms with Crippen molar-refractivity contribution in [3.63, 3.8) is 0 Å². The van der Waals surface area contributed by atoms with Crippen LogP contribution in [0.2, 0.25) is 0 Å². The second-order valence-electron chi connectivity index (χ2n) is 5.31. The van der Waals surface area contributed by atoms with E-state index in [0.717, 1.165) is 11.1 Å². The van der Waals surface area contributed by atoms with E-state index in [9.17, 15) is 4.79 Å². The van der Waals surface area contributed by atoms with Gasteiger partial charge in [0.1, 0.15) is 0 Å². The number of hydrogen-bond donors (Lipinski definition) is 0. The molecule has 0 aromatic carbocycles. The molecular formula is C13H20O. The van der Waals surface area contributed by atoms with Gasteiger partial charge in [-0.05, 0) is 30.4 Å². The van der Waals surface area contributed by atoms with Crippen molar-refractivity contribution in [3.05, 3.63) is 23.3 Å². The Labute approximate surface area is 86.9 Å². The lowest BCUT2D eigenvalue weighted by molar-refractivity contribution is -0.114. The molecule has 0 radical (unpaired) electrons. The molecule has 1 heteroatoms. The zero-order valence-corrected chi connectivity index (χ0v) is 10.1. The van der Waals surface area contributed by atoms with E-state index in [1.807, 2.05) is 6.92 Å². The number of allylic oxidation sites excluding steroid dienone is 3. The van der Waals surface area contributed by atoms with Gasteiger partial charge in [0.05, 0.1) is 0 Å². The topological polar surface area (TPSA) is 17.1 Å². The first-order chi connectivity index (χ1) is 6.14. The summed E-state index contributed by atoms with van der Waals surface area (Å²) < 4.78 is 0. The Kier molecular flexibility index (Phi) is 2.26. The van der Waals surface area contributed by atoms with Crippen molar-refractivity contribution in [2.45, 2.75) is 41.5 Å². The van der Waals surface area contributed by atoms with Gasteiger partial charge in [-0.25, -0.2) is 0 Å². The molecule has 0 aliphatic heterocycles. The minimum Gasteiger partial charge on any atom is -0.289 e. The number of hydrogen-bond acceptors (Lipinski definition) is 1. The van der Waals surface area contributed by atoms with Gasteiger partial charge < -0.3 is 0 Å². The molecule has 0 aromatic rings. The van der Waals surface area contributed by atoms with Crippen LogP contribution in [0.15, 0.2) is 23.3 Å². The molecule has 0 spiro atoms. The SMILES string of the molecule is C=C1C(=O)C(C)=C(C)C(C)(C)C1(C)C. The van der Waals surface area contributed by atoms with E-state index in [1.54, 1.807) is 0 Å². The van der Waals surface area contributed by atoms with Crippen molar-refractivity contribution in [3.8, 4) is 0 Å². The molecule has 0 unspecified atom stereocenters. The van der Waals surface area contributed by atoms with Crippen molar-refractivity contribution >= 4 is 5.78 Å². The molecule has 14 heavy (non-hydrogen) atoms. The molecule has 1 aliphatic rings. The predicted molar refractivity (Wildman–Crippen MR) is 60.1 cm³/mol. The van der Waals surface area contributed by atoms with Gasteiger partial charge in [0.2, 0.25) is 0 Å². The Morgan fingerprint density at radius 2 is 1.43 bits per heavy atom. The largest absolute Gasteiger partial charge is 0.289 e. The van der Waals surface area contributed by atoms with Gasteiger partial charge in [-0.1, -0.05) is 39.8 Å². The highest BCUT2D eigenvalue weighted by Crippen LogP contribution is 2.53. The minimum atomic E-state index is -0.145. The van der Waals surface area contributed by atoms with E-state index in [4.69, 9.17) is 0 Å². The summed E-state index contributed by atoms with van der Waals surface area (Å²) in [5, 5.41) is 0. The van der Waals surface area contributed by atoms with Crippen molar-refractivity contribution in [2.24, 2.45) is 10.8 Å². The van der Waals surface area contributed by atoms with Crippen molar-refractivity contribution in [2.75, 3.05) is 0 Å². The van der Waals surface area contributed by atoms with Crippen LogP contribution in [-0.2, 0) is 4.79 Å². The standard InChI is InChI=1S/C13H20O/c1-8-9(2)12(4,5)13(6,7)10(3)11(8)14/h3H2,1-2,4-7H3. The second-order valence-corrected chi connectivity index (χ2v) is 5.31. The zero-order valence-electron chi connectivity index (χ0n) is 10.1. The summed E-state index contributed by atoms with van der Waals surface area (Å²) in [5.74, 6) is 0.131. The summed E-state index contributed by atoms with van der Waals surface area (Å²) in [6.45, 7) is 16.5. The highest BCUT2D eigenvalue weighted by Gasteiger charge is 2.47. The van der Waals surface area contributed by atoms with Crippen molar-refractivity contribution in [1.29, 1.82) is 0 Å². The maximum Gasteiger partial charge on any atom is 0.184 e. The third-order valence-corrected chi connectivity index (χ3v) is 4.43. The maximum absolute atomic E-state index is 11.9. The molecule has 0 saturated carbocycles. The molecule has 78 valence electrons. The molecule has 0 aromatic heterocycles. The lowest BCUT2D eigenvalue weighted by atomic mass is 9.55. The second kappa shape index (κ2) is 2.82. The first-order valence-corrected chi connectivity index (χ1v) is 5.06. The molecule has 1 aliphatic carbocycles. The van der Waals surface area contributed by atoms with E-state index < -0.39 is 0 Å². The Morgan fingerprint density at radius 3 is 1.86 bits per heavy atom. The molecular weight excluding hydrogens is 172 g/mol. The van der Waals surface area contributed by atoms with E-state index in [1.165, 1.54) is 5.57 Å². The predicted octanol–water partition coefficient (Wildman–Crippen LogP) is 3.51. The number of carbonyl (C=O) groups is 1. The maximum atomic E-state index is 11.9. The summed E-state index contributed by atoms with van der Waals surface area (Å²) in [5.41, 5.74) is 2.68. The van der Waals surface area contributed by atoms with Crippen LogP contribution in [0.5, 0.6) is 0 Å². The molecule has 0 amide bonds. The molecule has 0 atom stereocenters. The average Bonchev–Trinajstić information content (AvgIpc) is 2.10. The van der Waals surface area contributed by atoms with E-state index in [0.29, 0.717) is 0 Å². The van der Waals surface area contributed by atoms with Crippen LogP contribution in [0.4, 0.5) is 0 Å². The fourth-order valence-corrected chi connectivity index (χ4v) is 2.00. The average molecular weight is 192 g/mol. The van der Waals surface area contributed by atoms with Gasteiger partial charge in [0, 0.05) is 5.41 Å². The zero-order chi connectivity index (χ0) is 11.3. The molecule has 0 saturated heterocycles. The van der Waals surface area contributed by atoms with E-state index in [-0.39, 0.29) is 16.6 Å². The number of Topliss-reactive ketones (excluding diaryl/α,β-unsaturated/α-hetero) is 1. The summed E-state index contributed by atoms with van der Waals surface area (Å²) in [6, 6.07) is 0. The van der Waals surface area contributed by atoms with Gasteiger partial charge >= 0.3 is 0 Å². The summed E-state index contributed by atoms with van der Waals surface area (Å²) in [7, 11) is 0. The molecule has 0 heterocycles. The summed E-state index contributed by atoms with van der Waals surface area (Å²) in [6.07, 6.45) is 0. The van der Waals surface area contributed by atoms with E-state index >= 15 is 0 Å². The number of rotatable bonds is 0. The molecule has 0 fully saturated rings. The Balaban J connectivity index is 3.49. The Hall–Kier alpha value is -0.850. The van der Waals surface area contributed by atoms with E-state index in [2.05, 4.69) is 41.2 Å². The molecule has 1 rings (SSSR count). The fourth-order valence-electron chi connectivity index (χ4n) is 2.00. The quantitative estimate of drug-likeness (QED) is 0.537. The highest BCUT2D eigenvalue weighted by molar-refractivity contribution is 6.10. The number of ketones is 1. The lowest BCUT2D eigenvalue weighted by Gasteiger charge is -2.47. The molecule has 1 nitrogen and oxygen atoms in total. The third kappa shape index (κ3) is 1.11. The monoisotopic (exact) mass is 192 g/mol. The van der Waals surface area contributed by atoms with Gasteiger partial charge in [0.15, 0.2) is 5.78 Å². The van der Waals surface area contributed by atoms with Gasteiger partial charge in [-0.2, -0.15) is 0 Å². The fraction of sp³-hybridized carbons (Fsp3) is 0.615. The molecule has 0 N–H and O–H groups in total. The van der Waals surface area contributed by atoms with Crippen LogP contribution < -0.4 is 0 Å². The van der Waals surface area contributed by atoms with Crippen LogP contribution in [0.3, 0.4) is 0 Å². The van der Waals surface area contributed by atoms with Gasteiger partial charge in [-0.15, -0.1) is 0 Å². The first-order valence-electron chi connectivity index (χ1n) is 5.06. The lowest BCUT2D eigenvalue weighted by Crippen LogP contribution is -2.42. The third-order valence-electron chi connectivity index (χ3n) is 4.43. The first kappa shape index (κ1) is 11.2. The van der Waals surface area contributed by atoms with Crippen LogP contribution in [0.1, 0.15) is 41.5 Å². The smallest absolute Gasteiger partial charge is 0.184 e. The number of carbonyl (C=O) groups excluding carboxylic acids is 1. The van der Waals surface area contributed by atoms with Crippen LogP contribution >= 0.6 is 0 Å². The highest BCUT2D eigenvalue weighted by atomic mass is 16.1. The minimum absolute atomic E-state index is 0.0159. The van der Waals surface area contributed by atoms with Gasteiger partial charge in [0.25, 0.3) is 0 Å². The molecule has 0 bridgehead atoms. The van der Waals surface area contributed by atoms with Crippen molar-refractivity contribution in [1.82, 2.24) is 0 Å².